The topological polar surface area (TPSA) is 0 Å². The predicted octanol–water partition coefficient (Wildman–Crippen LogP) is -3.21. The molecule has 0 aromatic rings. The molecule has 0 saturated carbocycles. The van der Waals surface area contributed by atoms with Gasteiger partial charge in [0, 0.05) is 0 Å². The number of hydrogen-bond donors (Lipinski definition) is 0. The number of rotatable bonds is 0. The smallest absolute Gasteiger partial charge is 0.190 e. The van der Waals surface area contributed by atoms with Crippen LogP contribution in [0.25, 0.3) is 0 Å². The Labute approximate surface area is 50.7 Å². The van der Waals surface area contributed by atoms with E-state index < -0.39 is 0 Å². The average molecular weight is 65.9 g/mol. The molecular weight excluding hydrogens is 57.8 g/mol. The molecule has 0 fully saturated rings. The van der Waals surface area contributed by atoms with E-state index in [2.05, 4.69) is 6.92 Å². The average Bonchev–Trinajstić information content (AvgIpc) is 0.918. The fourth-order valence-corrected chi connectivity index (χ4v) is 0. The van der Waals surface area contributed by atoms with Gasteiger partial charge in [-0.25, -0.2) is 0 Å². The van der Waals surface area contributed by atoms with Crippen LogP contribution < -0.4 is 29.6 Å². The van der Waals surface area contributed by atoms with Gasteiger partial charge in [-0.2, -0.15) is 6.32 Å². The third-order valence-electron chi connectivity index (χ3n) is 0. The zero-order chi connectivity index (χ0) is 2.71. The molecule has 20 valence electrons. The van der Waals surface area contributed by atoms with Gasteiger partial charge in [0.05, 0.1) is 0 Å². The van der Waals surface area contributed by atoms with Gasteiger partial charge in [0.25, 0.3) is 0 Å². The van der Waals surface area contributed by atoms with Crippen molar-refractivity contribution in [3.05, 3.63) is 0 Å². The van der Waals surface area contributed by atoms with E-state index in [4.69, 9.17) is 0 Å². The Hall–Kier alpha value is 1.06. The predicted molar refractivity (Wildman–Crippen MR) is 20.4 cm³/mol. The van der Waals surface area contributed by atoms with Crippen LogP contribution in [0.4, 0.5) is 0 Å². The molecule has 0 unspecified atom stereocenters. The summed E-state index contributed by atoms with van der Waals surface area (Å²) in [5, 5.41) is 0. The molecule has 0 amide bonds. The maximum absolute atomic E-state index is 2.24. The molecule has 2 heteroatoms. The molecule has 0 spiro atoms. The molecule has 0 N–H and O–H groups in total. The third-order valence-corrected chi connectivity index (χ3v) is 0. The Morgan fingerprint density at radius 1 is 1.75 bits per heavy atom. The second-order valence-corrected chi connectivity index (χ2v) is 0. The molecule has 0 aliphatic rings. The maximum Gasteiger partial charge on any atom is 1.00 e. The minimum atomic E-state index is 0. The van der Waals surface area contributed by atoms with Gasteiger partial charge in [-0.3, -0.25) is 0 Å². The van der Waals surface area contributed by atoms with E-state index in [1.54, 1.807) is 0 Å². The Morgan fingerprint density at radius 2 is 1.75 bits per heavy atom. The van der Waals surface area contributed by atoms with Gasteiger partial charge in [0.1, 0.15) is 0 Å². The second-order valence-electron chi connectivity index (χ2n) is 0. The summed E-state index contributed by atoms with van der Waals surface area (Å²) in [6.07, 6.45) is 1.50. The molecule has 0 aliphatic carbocycles. The van der Waals surface area contributed by atoms with Crippen molar-refractivity contribution in [1.82, 2.24) is 0 Å². The SMILES string of the molecule is [BH3-]CC.[Na+]. The van der Waals surface area contributed by atoms with Crippen molar-refractivity contribution in [1.29, 1.82) is 0 Å². The van der Waals surface area contributed by atoms with Gasteiger partial charge in [-0.15, -0.1) is 0 Å². The van der Waals surface area contributed by atoms with Crippen molar-refractivity contribution >= 4 is 7.85 Å². The van der Waals surface area contributed by atoms with Crippen molar-refractivity contribution in [3.63, 3.8) is 0 Å². The van der Waals surface area contributed by atoms with Gasteiger partial charge in [0.15, 0.2) is 0 Å². The molecule has 0 heterocycles. The van der Waals surface area contributed by atoms with E-state index in [-0.39, 0.29) is 29.6 Å². The van der Waals surface area contributed by atoms with E-state index in [1.807, 2.05) is 0 Å². The van der Waals surface area contributed by atoms with E-state index in [9.17, 15) is 0 Å². The van der Waals surface area contributed by atoms with Gasteiger partial charge in [0.2, 0.25) is 0 Å². The van der Waals surface area contributed by atoms with E-state index in [0.717, 1.165) is 7.85 Å². The molecule has 0 aliphatic heterocycles. The third kappa shape index (κ3) is 11.5. The molecule has 0 saturated heterocycles. The fourth-order valence-electron chi connectivity index (χ4n) is 0. The van der Waals surface area contributed by atoms with Crippen LogP contribution >= 0.6 is 0 Å². The van der Waals surface area contributed by atoms with Crippen LogP contribution in [0.1, 0.15) is 6.92 Å². The molecule has 0 aromatic carbocycles. The first-order valence-electron chi connectivity index (χ1n) is 0.707. The van der Waals surface area contributed by atoms with E-state index in [0.29, 0.717) is 0 Å². The Bertz CT molecular complexity index is 6.00. The van der Waals surface area contributed by atoms with Crippen LogP contribution in [0.15, 0.2) is 0 Å². The van der Waals surface area contributed by atoms with Gasteiger partial charge in [-0.1, -0.05) is 6.92 Å². The molecule has 0 rings (SSSR count). The largest absolute Gasteiger partial charge is 1.00 e. The summed E-state index contributed by atoms with van der Waals surface area (Å²) in [5.41, 5.74) is 0. The summed E-state index contributed by atoms with van der Waals surface area (Å²) in [6.45, 7) is 2.24. The van der Waals surface area contributed by atoms with E-state index >= 15 is 0 Å². The van der Waals surface area contributed by atoms with Crippen molar-refractivity contribution in [2.75, 3.05) is 0 Å². The Kier molecular flexibility index (Phi) is 19.9. The summed E-state index contributed by atoms with van der Waals surface area (Å²) < 4.78 is 0. The zero-order valence-corrected chi connectivity index (χ0v) is 4.71. The Balaban J connectivity index is 0. The van der Waals surface area contributed by atoms with Gasteiger partial charge < -0.3 is 0 Å². The molecule has 0 nitrogen and oxygen atoms in total. The number of hydrogen-bond acceptors (Lipinski definition) is 0. The zero-order valence-electron chi connectivity index (χ0n) is 2.71. The fraction of sp³-hybridized carbons (Fsp3) is 1.00. The van der Waals surface area contributed by atoms with Gasteiger partial charge >= 0.3 is 29.6 Å². The second kappa shape index (κ2) is 8.96. The first kappa shape index (κ1) is 8.91. The van der Waals surface area contributed by atoms with Crippen LogP contribution in [-0.2, 0) is 0 Å². The first-order chi connectivity index (χ1) is 1.41. The molecule has 0 radical (unpaired) electrons. The maximum atomic E-state index is 2.24. The molecule has 0 aromatic heterocycles. The summed E-state index contributed by atoms with van der Waals surface area (Å²) in [6, 6.07) is 0. The van der Waals surface area contributed by atoms with Crippen LogP contribution in [0, 0.1) is 0 Å². The van der Waals surface area contributed by atoms with E-state index in [1.165, 1.54) is 6.32 Å². The van der Waals surface area contributed by atoms with Gasteiger partial charge in [-0.05, 0) is 7.85 Å². The quantitative estimate of drug-likeness (QED) is 0.261. The molecular formula is C2H8BNa. The Morgan fingerprint density at radius 3 is 1.75 bits per heavy atom. The minimum absolute atomic E-state index is 0. The van der Waals surface area contributed by atoms with Crippen LogP contribution in [0.3, 0.4) is 0 Å². The molecule has 0 atom stereocenters. The summed E-state index contributed by atoms with van der Waals surface area (Å²) in [7, 11) is 0.764. The van der Waals surface area contributed by atoms with Crippen LogP contribution in [-0.4, -0.2) is 7.85 Å². The van der Waals surface area contributed by atoms with Crippen LogP contribution in [0.5, 0.6) is 0 Å². The standard InChI is InChI=1S/C2H8B.Na/c1-2-3;/h2H2,1,3H3;/q-1;+1. The van der Waals surface area contributed by atoms with Crippen molar-refractivity contribution < 1.29 is 29.6 Å². The first-order valence-corrected chi connectivity index (χ1v) is 0.707. The molecule has 4 heavy (non-hydrogen) atoms. The monoisotopic (exact) mass is 66.1 g/mol. The van der Waals surface area contributed by atoms with Crippen molar-refractivity contribution in [2.24, 2.45) is 0 Å². The minimum Gasteiger partial charge on any atom is -0.190 e. The van der Waals surface area contributed by atoms with Crippen molar-refractivity contribution in [3.8, 4) is 0 Å². The normalized spacial score (nSPS) is 4.50. The summed E-state index contributed by atoms with van der Waals surface area (Å²) >= 11 is 0. The van der Waals surface area contributed by atoms with Crippen LogP contribution in [0.2, 0.25) is 6.32 Å². The summed E-state index contributed by atoms with van der Waals surface area (Å²) in [4.78, 5) is 0. The summed E-state index contributed by atoms with van der Waals surface area (Å²) in [5.74, 6) is 0. The molecule has 0 bridgehead atoms. The van der Waals surface area contributed by atoms with Crippen molar-refractivity contribution in [2.45, 2.75) is 13.2 Å².